The first kappa shape index (κ1) is 17.4. The van der Waals surface area contributed by atoms with Gasteiger partial charge in [0.2, 0.25) is 5.91 Å². The molecule has 1 atom stereocenters. The Hall–Kier alpha value is -3.02. The van der Waals surface area contributed by atoms with Crippen molar-refractivity contribution in [1.82, 2.24) is 5.32 Å². The fourth-order valence-electron chi connectivity index (χ4n) is 3.13. The fourth-order valence-corrected chi connectivity index (χ4v) is 3.13. The summed E-state index contributed by atoms with van der Waals surface area (Å²) in [6.45, 7) is 0.392. The van der Waals surface area contributed by atoms with Gasteiger partial charge < -0.3 is 20.1 Å². The third kappa shape index (κ3) is 4.05. The predicted octanol–water partition coefficient (Wildman–Crippen LogP) is 2.78. The van der Waals surface area contributed by atoms with Gasteiger partial charge in [-0.2, -0.15) is 0 Å². The zero-order valence-electron chi connectivity index (χ0n) is 15.2. The van der Waals surface area contributed by atoms with E-state index in [-0.39, 0.29) is 17.7 Å². The molecule has 6 heteroatoms. The molecule has 0 aromatic heterocycles. The molecule has 1 aliphatic carbocycles. The van der Waals surface area contributed by atoms with Crippen molar-refractivity contribution < 1.29 is 19.1 Å². The Morgan fingerprint density at radius 3 is 2.59 bits per heavy atom. The Morgan fingerprint density at radius 2 is 1.89 bits per heavy atom. The van der Waals surface area contributed by atoms with Crippen molar-refractivity contribution in [2.24, 2.45) is 5.92 Å². The molecule has 0 bridgehead atoms. The number of methoxy groups -OCH3 is 1. The highest BCUT2D eigenvalue weighted by atomic mass is 16.5. The predicted molar refractivity (Wildman–Crippen MR) is 101 cm³/mol. The first-order chi connectivity index (χ1) is 13.1. The zero-order valence-corrected chi connectivity index (χ0v) is 15.2. The van der Waals surface area contributed by atoms with Gasteiger partial charge in [-0.3, -0.25) is 9.59 Å². The van der Waals surface area contributed by atoms with E-state index in [2.05, 4.69) is 10.6 Å². The highest BCUT2D eigenvalue weighted by Crippen LogP contribution is 2.31. The van der Waals surface area contributed by atoms with Crippen LogP contribution in [0.3, 0.4) is 0 Å². The first-order valence-electron chi connectivity index (χ1n) is 9.14. The molecular formula is C21H22N2O4. The maximum absolute atomic E-state index is 12.4. The molecule has 27 heavy (non-hydrogen) atoms. The summed E-state index contributed by atoms with van der Waals surface area (Å²) in [4.78, 5) is 24.7. The average molecular weight is 366 g/mol. The third-order valence-corrected chi connectivity index (χ3v) is 4.87. The molecule has 0 radical (unpaired) electrons. The maximum atomic E-state index is 12.4. The lowest BCUT2D eigenvalue weighted by Crippen LogP contribution is -2.38. The Labute approximate surface area is 157 Å². The van der Waals surface area contributed by atoms with Crippen LogP contribution in [0, 0.1) is 5.92 Å². The number of nitrogens with one attached hydrogen (secondary N) is 2. The minimum atomic E-state index is -0.197. The molecule has 2 amide bonds. The molecule has 1 saturated carbocycles. The first-order valence-corrected chi connectivity index (χ1v) is 9.14. The van der Waals surface area contributed by atoms with Gasteiger partial charge in [-0.25, -0.2) is 0 Å². The van der Waals surface area contributed by atoms with E-state index in [1.165, 1.54) is 0 Å². The summed E-state index contributed by atoms with van der Waals surface area (Å²) in [5, 5.41) is 5.93. The monoisotopic (exact) mass is 366 g/mol. The van der Waals surface area contributed by atoms with Gasteiger partial charge in [0, 0.05) is 17.3 Å². The van der Waals surface area contributed by atoms with Crippen LogP contribution >= 0.6 is 0 Å². The van der Waals surface area contributed by atoms with Crippen LogP contribution in [-0.2, 0) is 11.2 Å². The molecule has 0 saturated heterocycles. The Morgan fingerprint density at radius 1 is 1.11 bits per heavy atom. The fraction of sp³-hybridized carbons (Fsp3) is 0.333. The Balaban J connectivity index is 1.43. The molecule has 140 valence electrons. The van der Waals surface area contributed by atoms with E-state index in [4.69, 9.17) is 9.47 Å². The lowest BCUT2D eigenvalue weighted by atomic mass is 9.95. The summed E-state index contributed by atoms with van der Waals surface area (Å²) >= 11 is 0. The Kier molecular flexibility index (Phi) is 4.71. The number of benzene rings is 2. The van der Waals surface area contributed by atoms with Crippen LogP contribution in [0.1, 0.15) is 28.8 Å². The van der Waals surface area contributed by atoms with Gasteiger partial charge in [-0.15, -0.1) is 0 Å². The Bertz CT molecular complexity index is 859. The molecule has 0 spiro atoms. The number of hydrogen-bond acceptors (Lipinski definition) is 4. The van der Waals surface area contributed by atoms with Crippen molar-refractivity contribution in [1.29, 1.82) is 0 Å². The van der Waals surface area contributed by atoms with Crippen molar-refractivity contribution >= 4 is 17.5 Å². The van der Waals surface area contributed by atoms with Crippen LogP contribution in [0.4, 0.5) is 5.69 Å². The SMILES string of the molecule is COc1ccc(C(=O)Nc2ccc3c(c2)CC(C(=O)NC2CC2)CO3)cc1. The molecule has 2 N–H and O–H groups in total. The summed E-state index contributed by atoms with van der Waals surface area (Å²) in [5.41, 5.74) is 2.16. The summed E-state index contributed by atoms with van der Waals surface area (Å²) in [5.74, 6) is 1.14. The van der Waals surface area contributed by atoms with Gasteiger partial charge in [0.1, 0.15) is 18.1 Å². The van der Waals surface area contributed by atoms with Gasteiger partial charge in [0.05, 0.1) is 13.0 Å². The van der Waals surface area contributed by atoms with Crippen molar-refractivity contribution in [3.8, 4) is 11.5 Å². The smallest absolute Gasteiger partial charge is 0.255 e. The van der Waals surface area contributed by atoms with E-state index in [0.717, 1.165) is 24.2 Å². The topological polar surface area (TPSA) is 76.7 Å². The quantitative estimate of drug-likeness (QED) is 0.853. The molecule has 1 fully saturated rings. The number of carbonyl (C=O) groups excluding carboxylic acids is 2. The second-order valence-electron chi connectivity index (χ2n) is 7.00. The molecule has 1 unspecified atom stereocenters. The highest BCUT2D eigenvalue weighted by Gasteiger charge is 2.30. The van der Waals surface area contributed by atoms with Crippen LogP contribution in [0.2, 0.25) is 0 Å². The van der Waals surface area contributed by atoms with Gasteiger partial charge >= 0.3 is 0 Å². The minimum Gasteiger partial charge on any atom is -0.497 e. The van der Waals surface area contributed by atoms with Crippen LogP contribution in [0.25, 0.3) is 0 Å². The normalized spacial score (nSPS) is 18.0. The van der Waals surface area contributed by atoms with E-state index < -0.39 is 0 Å². The van der Waals surface area contributed by atoms with Crippen LogP contribution < -0.4 is 20.1 Å². The second-order valence-corrected chi connectivity index (χ2v) is 7.00. The molecule has 1 aliphatic heterocycles. The van der Waals surface area contributed by atoms with Crippen LogP contribution in [0.15, 0.2) is 42.5 Å². The summed E-state index contributed by atoms with van der Waals surface area (Å²) in [6, 6.07) is 12.8. The maximum Gasteiger partial charge on any atom is 0.255 e. The lowest BCUT2D eigenvalue weighted by molar-refractivity contribution is -0.126. The van der Waals surface area contributed by atoms with Gasteiger partial charge in [-0.05, 0) is 67.3 Å². The third-order valence-electron chi connectivity index (χ3n) is 4.87. The van der Waals surface area contributed by atoms with Crippen molar-refractivity contribution in [2.75, 3.05) is 19.0 Å². The number of amides is 2. The number of ether oxygens (including phenoxy) is 2. The zero-order chi connectivity index (χ0) is 18.8. The highest BCUT2D eigenvalue weighted by molar-refractivity contribution is 6.04. The van der Waals surface area contributed by atoms with Gasteiger partial charge in [0.25, 0.3) is 5.91 Å². The van der Waals surface area contributed by atoms with Crippen molar-refractivity contribution in [3.05, 3.63) is 53.6 Å². The summed E-state index contributed by atoms with van der Waals surface area (Å²) < 4.78 is 10.9. The van der Waals surface area contributed by atoms with Gasteiger partial charge in [0.15, 0.2) is 0 Å². The molecule has 2 aliphatic rings. The molecule has 6 nitrogen and oxygen atoms in total. The van der Waals surface area contributed by atoms with E-state index >= 15 is 0 Å². The average Bonchev–Trinajstić information content (AvgIpc) is 3.51. The summed E-state index contributed by atoms with van der Waals surface area (Å²) in [6.07, 6.45) is 2.75. The number of carbonyl (C=O) groups is 2. The van der Waals surface area contributed by atoms with E-state index in [1.807, 2.05) is 18.2 Å². The second kappa shape index (κ2) is 7.31. The standard InChI is InChI=1S/C21H22N2O4/c1-26-18-7-2-13(3-8-18)20(24)23-17-6-9-19-14(11-17)10-15(12-27-19)21(25)22-16-4-5-16/h2-3,6-9,11,15-16H,4-5,10,12H2,1H3,(H,22,25)(H,23,24). The molecule has 2 aromatic carbocycles. The van der Waals surface area contributed by atoms with Crippen molar-refractivity contribution in [3.63, 3.8) is 0 Å². The minimum absolute atomic E-state index is 0.0517. The molecule has 4 rings (SSSR count). The lowest BCUT2D eigenvalue weighted by Gasteiger charge is -2.25. The van der Waals surface area contributed by atoms with E-state index in [0.29, 0.717) is 36.1 Å². The van der Waals surface area contributed by atoms with Gasteiger partial charge in [-0.1, -0.05) is 0 Å². The number of rotatable bonds is 5. The molecule has 1 heterocycles. The van der Waals surface area contributed by atoms with Crippen LogP contribution in [-0.4, -0.2) is 31.6 Å². The molecular weight excluding hydrogens is 344 g/mol. The molecule has 2 aromatic rings. The van der Waals surface area contributed by atoms with E-state index in [1.54, 1.807) is 31.4 Å². The number of anilines is 1. The van der Waals surface area contributed by atoms with E-state index in [9.17, 15) is 9.59 Å². The summed E-state index contributed by atoms with van der Waals surface area (Å²) in [7, 11) is 1.59. The largest absolute Gasteiger partial charge is 0.497 e. The number of hydrogen-bond donors (Lipinski definition) is 2. The number of fused-ring (bicyclic) bond motifs is 1. The van der Waals surface area contributed by atoms with Crippen LogP contribution in [0.5, 0.6) is 11.5 Å². The van der Waals surface area contributed by atoms with Crippen molar-refractivity contribution in [2.45, 2.75) is 25.3 Å².